The van der Waals surface area contributed by atoms with Gasteiger partial charge in [-0.3, -0.25) is 0 Å². The predicted octanol–water partition coefficient (Wildman–Crippen LogP) is 3.78. The van der Waals surface area contributed by atoms with Gasteiger partial charge >= 0.3 is 86.9 Å². The summed E-state index contributed by atoms with van der Waals surface area (Å²) in [7, 11) is 0. The van der Waals surface area contributed by atoms with Crippen molar-refractivity contribution in [3.8, 4) is 0 Å². The van der Waals surface area contributed by atoms with Crippen molar-refractivity contribution in [2.24, 2.45) is 0 Å². The SMILES string of the molecule is C1=CC[C]([Zr][CH]2CCCCC2)=C1.[H-]. The second-order valence-electron chi connectivity index (χ2n) is 3.80. The molecule has 2 aliphatic carbocycles. The van der Waals surface area contributed by atoms with Gasteiger partial charge in [0, 0.05) is 0 Å². The molecule has 0 aromatic carbocycles. The zero-order valence-corrected chi connectivity index (χ0v) is 10.0. The van der Waals surface area contributed by atoms with Crippen LogP contribution in [0.15, 0.2) is 21.5 Å². The average Bonchev–Trinajstić information content (AvgIpc) is 2.59. The van der Waals surface area contributed by atoms with E-state index >= 15 is 0 Å². The third-order valence-electron chi connectivity index (χ3n) is 2.77. The van der Waals surface area contributed by atoms with E-state index < -0.39 is 0 Å². The van der Waals surface area contributed by atoms with Crippen LogP contribution in [0.5, 0.6) is 0 Å². The second-order valence-corrected chi connectivity index (χ2v) is 8.10. The predicted molar refractivity (Wildman–Crippen MR) is 49.8 cm³/mol. The summed E-state index contributed by atoms with van der Waals surface area (Å²) >= 11 is -0.137. The maximum absolute atomic E-state index is 2.39. The molecule has 1 fully saturated rings. The Hall–Kier alpha value is 0.363. The molecule has 0 bridgehead atoms. The summed E-state index contributed by atoms with van der Waals surface area (Å²) in [6, 6.07) is 0. The van der Waals surface area contributed by atoms with E-state index in [9.17, 15) is 0 Å². The van der Waals surface area contributed by atoms with Crippen LogP contribution in [-0.4, -0.2) is 0 Å². The summed E-state index contributed by atoms with van der Waals surface area (Å²) in [6.07, 6.45) is 15.9. The topological polar surface area (TPSA) is 0 Å². The van der Waals surface area contributed by atoms with E-state index in [-0.39, 0.29) is 24.7 Å². The van der Waals surface area contributed by atoms with Crippen molar-refractivity contribution in [2.75, 3.05) is 0 Å². The van der Waals surface area contributed by atoms with Crippen molar-refractivity contribution < 1.29 is 24.7 Å². The monoisotopic (exact) mass is 239 g/mol. The molecular weight excluding hydrogens is 223 g/mol. The molecule has 1 heteroatoms. The molecule has 12 heavy (non-hydrogen) atoms. The standard InChI is InChI=1S/C6H11.C5H5.Zr.H/c1-2-4-6-5-3-1;1-2-4-5-3-1;;/h1H,2-6H2;1-3H,4H2;;/q;;;-1. The van der Waals surface area contributed by atoms with Crippen LogP contribution in [0.25, 0.3) is 0 Å². The smallest absolute Gasteiger partial charge is 1.00 e. The molecule has 0 heterocycles. The van der Waals surface area contributed by atoms with Crippen molar-refractivity contribution in [3.05, 3.63) is 21.5 Å². The molecular formula is C11H17Zr-. The minimum atomic E-state index is -0.137. The Morgan fingerprint density at radius 1 is 1.25 bits per heavy atom. The van der Waals surface area contributed by atoms with Crippen LogP contribution in [0.4, 0.5) is 0 Å². The number of hydrogen-bond acceptors (Lipinski definition) is 0. The average molecular weight is 240 g/mol. The Morgan fingerprint density at radius 2 is 2.08 bits per heavy atom. The van der Waals surface area contributed by atoms with Gasteiger partial charge in [0.2, 0.25) is 0 Å². The van der Waals surface area contributed by atoms with E-state index in [1.165, 1.54) is 29.3 Å². The molecule has 1 saturated carbocycles. The molecule has 0 spiro atoms. The maximum Gasteiger partial charge on any atom is -1.00 e. The van der Waals surface area contributed by atoms with Crippen LogP contribution in [0, 0.1) is 0 Å². The van der Waals surface area contributed by atoms with Gasteiger partial charge in [-0.25, -0.2) is 0 Å². The zero-order valence-electron chi connectivity index (χ0n) is 8.55. The van der Waals surface area contributed by atoms with Crippen LogP contribution < -0.4 is 0 Å². The molecule has 66 valence electrons. The minimum Gasteiger partial charge on any atom is -1.00 e. The molecule has 2 rings (SSSR count). The third kappa shape index (κ3) is 2.42. The fraction of sp³-hybridized carbons (Fsp3) is 0.636. The van der Waals surface area contributed by atoms with Gasteiger partial charge in [0.25, 0.3) is 0 Å². The summed E-state index contributed by atoms with van der Waals surface area (Å²) in [4.78, 5) is 0. The molecule has 0 aromatic heterocycles. The fourth-order valence-corrected chi connectivity index (χ4v) is 6.12. The first kappa shape index (κ1) is 8.94. The van der Waals surface area contributed by atoms with Crippen LogP contribution in [-0.2, 0) is 23.2 Å². The van der Waals surface area contributed by atoms with Crippen molar-refractivity contribution in [2.45, 2.75) is 42.2 Å². The van der Waals surface area contributed by atoms with Gasteiger partial charge in [0.15, 0.2) is 0 Å². The van der Waals surface area contributed by atoms with Gasteiger partial charge in [-0.1, -0.05) is 0 Å². The van der Waals surface area contributed by atoms with Gasteiger partial charge in [-0.2, -0.15) is 0 Å². The molecule has 2 aliphatic rings. The largest absolute Gasteiger partial charge is 1.00 e. The molecule has 0 atom stereocenters. The first-order valence-corrected chi connectivity index (χ1v) is 7.72. The van der Waals surface area contributed by atoms with E-state index in [0.29, 0.717) is 0 Å². The molecule has 0 amide bonds. The molecule has 0 nitrogen and oxygen atoms in total. The molecule has 0 aliphatic heterocycles. The van der Waals surface area contributed by atoms with Crippen LogP contribution >= 0.6 is 0 Å². The summed E-state index contributed by atoms with van der Waals surface area (Å²) in [5, 5.41) is 0. The summed E-state index contributed by atoms with van der Waals surface area (Å²) in [6.45, 7) is 0. The van der Waals surface area contributed by atoms with Crippen molar-refractivity contribution in [1.82, 2.24) is 0 Å². The number of hydrogen-bond donors (Lipinski definition) is 0. The van der Waals surface area contributed by atoms with E-state index in [4.69, 9.17) is 0 Å². The minimum absolute atomic E-state index is 0. The van der Waals surface area contributed by atoms with Crippen LogP contribution in [0.2, 0.25) is 3.63 Å². The molecule has 0 radical (unpaired) electrons. The molecule has 0 aromatic rings. The van der Waals surface area contributed by atoms with E-state index in [1.54, 1.807) is 12.8 Å². The van der Waals surface area contributed by atoms with Crippen LogP contribution in [0.3, 0.4) is 0 Å². The quantitative estimate of drug-likeness (QED) is 0.689. The van der Waals surface area contributed by atoms with Gasteiger partial charge in [-0.05, 0) is 0 Å². The van der Waals surface area contributed by atoms with Crippen molar-refractivity contribution >= 4 is 0 Å². The first-order chi connectivity index (χ1) is 5.95. The van der Waals surface area contributed by atoms with Gasteiger partial charge in [0.05, 0.1) is 0 Å². The summed E-state index contributed by atoms with van der Waals surface area (Å²) < 4.78 is 3.03. The van der Waals surface area contributed by atoms with Crippen molar-refractivity contribution in [3.63, 3.8) is 0 Å². The second kappa shape index (κ2) is 4.56. The maximum atomic E-state index is 2.39. The summed E-state index contributed by atoms with van der Waals surface area (Å²) in [5.41, 5.74) is 0. The normalized spacial score (nSPS) is 24.2. The van der Waals surface area contributed by atoms with E-state index in [2.05, 4.69) is 18.2 Å². The Labute approximate surface area is 88.2 Å². The Bertz CT molecular complexity index is 202. The summed E-state index contributed by atoms with van der Waals surface area (Å²) in [5.74, 6) is 0. The number of rotatable bonds is 2. The van der Waals surface area contributed by atoms with Gasteiger partial charge in [0.1, 0.15) is 0 Å². The molecule has 0 unspecified atom stereocenters. The first-order valence-electron chi connectivity index (χ1n) is 5.07. The van der Waals surface area contributed by atoms with Gasteiger partial charge < -0.3 is 1.43 Å². The third-order valence-corrected chi connectivity index (χ3v) is 7.01. The van der Waals surface area contributed by atoms with E-state index in [1.807, 2.05) is 3.28 Å². The van der Waals surface area contributed by atoms with Crippen molar-refractivity contribution in [1.29, 1.82) is 0 Å². The Morgan fingerprint density at radius 3 is 2.75 bits per heavy atom. The van der Waals surface area contributed by atoms with Gasteiger partial charge in [-0.15, -0.1) is 0 Å². The molecule has 0 N–H and O–H groups in total. The number of allylic oxidation sites excluding steroid dienone is 4. The van der Waals surface area contributed by atoms with Crippen LogP contribution in [0.1, 0.15) is 40.0 Å². The Balaban J connectivity index is 0.000000845. The zero-order chi connectivity index (χ0) is 8.23. The Kier molecular flexibility index (Phi) is 3.40. The van der Waals surface area contributed by atoms with E-state index in [0.717, 1.165) is 0 Å². The molecule has 0 saturated heterocycles. The fourth-order valence-electron chi connectivity index (χ4n) is 2.06.